The van der Waals surface area contributed by atoms with Crippen LogP contribution >= 0.6 is 0 Å². The fraction of sp³-hybridized carbons (Fsp3) is 1.00. The summed E-state index contributed by atoms with van der Waals surface area (Å²) in [6.45, 7) is 7.94. The van der Waals surface area contributed by atoms with E-state index in [9.17, 15) is 0 Å². The van der Waals surface area contributed by atoms with Crippen molar-refractivity contribution in [1.29, 1.82) is 0 Å². The van der Waals surface area contributed by atoms with E-state index in [1.165, 1.54) is 45.3 Å². The largest absolute Gasteiger partial charge is 0.329 e. The second-order valence-corrected chi connectivity index (χ2v) is 5.11. The van der Waals surface area contributed by atoms with E-state index in [0.29, 0.717) is 6.04 Å². The molecule has 2 N–H and O–H groups in total. The van der Waals surface area contributed by atoms with Gasteiger partial charge in [-0.2, -0.15) is 0 Å². The number of hydrogen-bond donors (Lipinski definition) is 1. The quantitative estimate of drug-likeness (QED) is 0.752. The first kappa shape index (κ1) is 11.4. The number of hydrogen-bond acceptors (Lipinski definition) is 3. The minimum absolute atomic E-state index is 0.697. The van der Waals surface area contributed by atoms with Crippen LogP contribution in [0.3, 0.4) is 0 Å². The van der Waals surface area contributed by atoms with Crippen LogP contribution in [0, 0.1) is 0 Å². The zero-order valence-electron chi connectivity index (χ0n) is 9.99. The van der Waals surface area contributed by atoms with E-state index in [1.807, 2.05) is 0 Å². The molecule has 88 valence electrons. The highest BCUT2D eigenvalue weighted by atomic mass is 15.3. The zero-order chi connectivity index (χ0) is 10.7. The standard InChI is InChI=1S/C12H25N3/c1-11-10-15(12-4-2-3-5-12)9-8-14(11)7-6-13/h11-12H,2-10,13H2,1H3. The fourth-order valence-corrected chi connectivity index (χ4v) is 3.12. The molecule has 15 heavy (non-hydrogen) atoms. The average molecular weight is 211 g/mol. The van der Waals surface area contributed by atoms with Gasteiger partial charge in [0.2, 0.25) is 0 Å². The van der Waals surface area contributed by atoms with Crippen LogP contribution in [0.5, 0.6) is 0 Å². The van der Waals surface area contributed by atoms with Crippen LogP contribution in [0.15, 0.2) is 0 Å². The first-order valence-corrected chi connectivity index (χ1v) is 6.49. The maximum atomic E-state index is 5.62. The summed E-state index contributed by atoms with van der Waals surface area (Å²) in [6, 6.07) is 1.59. The van der Waals surface area contributed by atoms with Crippen molar-refractivity contribution in [1.82, 2.24) is 9.80 Å². The lowest BCUT2D eigenvalue weighted by atomic mass is 10.1. The van der Waals surface area contributed by atoms with Crippen molar-refractivity contribution in [2.45, 2.75) is 44.7 Å². The number of piperazine rings is 1. The van der Waals surface area contributed by atoms with Gasteiger partial charge in [0.15, 0.2) is 0 Å². The summed E-state index contributed by atoms with van der Waals surface area (Å²) >= 11 is 0. The molecule has 1 aliphatic carbocycles. The van der Waals surface area contributed by atoms with E-state index in [0.717, 1.165) is 19.1 Å². The lowest BCUT2D eigenvalue weighted by molar-refractivity contribution is 0.0590. The monoisotopic (exact) mass is 211 g/mol. The Bertz CT molecular complexity index is 189. The molecule has 0 aromatic rings. The molecule has 1 heterocycles. The highest BCUT2D eigenvalue weighted by Crippen LogP contribution is 2.25. The minimum atomic E-state index is 0.697. The first-order valence-electron chi connectivity index (χ1n) is 6.49. The Hall–Kier alpha value is -0.120. The summed E-state index contributed by atoms with van der Waals surface area (Å²) in [4.78, 5) is 5.25. The van der Waals surface area contributed by atoms with Crippen molar-refractivity contribution in [3.05, 3.63) is 0 Å². The van der Waals surface area contributed by atoms with Crippen LogP contribution in [0.1, 0.15) is 32.6 Å². The Balaban J connectivity index is 1.81. The number of nitrogens with two attached hydrogens (primary N) is 1. The van der Waals surface area contributed by atoms with E-state index in [1.54, 1.807) is 0 Å². The Labute approximate surface area is 93.6 Å². The maximum Gasteiger partial charge on any atom is 0.0196 e. The van der Waals surface area contributed by atoms with Crippen LogP contribution in [0.4, 0.5) is 0 Å². The van der Waals surface area contributed by atoms with Crippen LogP contribution in [-0.2, 0) is 0 Å². The first-order chi connectivity index (χ1) is 7.31. The van der Waals surface area contributed by atoms with Crippen molar-refractivity contribution in [2.24, 2.45) is 5.73 Å². The molecule has 0 radical (unpaired) electrons. The van der Waals surface area contributed by atoms with Gasteiger partial charge in [0.05, 0.1) is 0 Å². The highest BCUT2D eigenvalue weighted by Gasteiger charge is 2.29. The van der Waals surface area contributed by atoms with E-state index < -0.39 is 0 Å². The molecule has 0 bridgehead atoms. The predicted molar refractivity (Wildman–Crippen MR) is 63.9 cm³/mol. The normalized spacial score (nSPS) is 31.2. The SMILES string of the molecule is CC1CN(C2CCCC2)CCN1CCN. The van der Waals surface area contributed by atoms with Crippen LogP contribution in [0.2, 0.25) is 0 Å². The Morgan fingerprint density at radius 2 is 1.93 bits per heavy atom. The van der Waals surface area contributed by atoms with Crippen molar-refractivity contribution in [2.75, 3.05) is 32.7 Å². The van der Waals surface area contributed by atoms with Crippen LogP contribution < -0.4 is 5.73 Å². The number of rotatable bonds is 3. The molecule has 2 fully saturated rings. The molecular weight excluding hydrogens is 186 g/mol. The Kier molecular flexibility index (Phi) is 4.00. The summed E-state index contributed by atoms with van der Waals surface area (Å²) < 4.78 is 0. The summed E-state index contributed by atoms with van der Waals surface area (Å²) in [6.07, 6.45) is 5.76. The topological polar surface area (TPSA) is 32.5 Å². The molecule has 1 saturated heterocycles. The lowest BCUT2D eigenvalue weighted by Gasteiger charge is -2.42. The van der Waals surface area contributed by atoms with Crippen LogP contribution in [-0.4, -0.2) is 54.6 Å². The van der Waals surface area contributed by atoms with Gasteiger partial charge in [0.25, 0.3) is 0 Å². The smallest absolute Gasteiger partial charge is 0.0196 e. The maximum absolute atomic E-state index is 5.62. The van der Waals surface area contributed by atoms with Crippen molar-refractivity contribution in [3.8, 4) is 0 Å². The van der Waals surface area contributed by atoms with Crippen molar-refractivity contribution < 1.29 is 0 Å². The van der Waals surface area contributed by atoms with Gasteiger partial charge in [-0.3, -0.25) is 9.80 Å². The van der Waals surface area contributed by atoms with Crippen molar-refractivity contribution >= 4 is 0 Å². The third kappa shape index (κ3) is 2.71. The summed E-state index contributed by atoms with van der Waals surface area (Å²) in [7, 11) is 0. The molecule has 1 saturated carbocycles. The van der Waals surface area contributed by atoms with Crippen molar-refractivity contribution in [3.63, 3.8) is 0 Å². The molecule has 1 atom stereocenters. The summed E-state index contributed by atoms with van der Waals surface area (Å²) in [5.41, 5.74) is 5.62. The van der Waals surface area contributed by atoms with Gasteiger partial charge < -0.3 is 5.73 Å². The third-order valence-corrected chi connectivity index (χ3v) is 4.05. The molecule has 3 nitrogen and oxygen atoms in total. The lowest BCUT2D eigenvalue weighted by Crippen LogP contribution is -2.55. The van der Waals surface area contributed by atoms with Gasteiger partial charge in [0.1, 0.15) is 0 Å². The second-order valence-electron chi connectivity index (χ2n) is 5.11. The van der Waals surface area contributed by atoms with E-state index in [2.05, 4.69) is 16.7 Å². The van der Waals surface area contributed by atoms with Gasteiger partial charge >= 0.3 is 0 Å². The van der Waals surface area contributed by atoms with E-state index in [-0.39, 0.29) is 0 Å². The van der Waals surface area contributed by atoms with Gasteiger partial charge in [-0.15, -0.1) is 0 Å². The summed E-state index contributed by atoms with van der Waals surface area (Å²) in [5, 5.41) is 0. The Morgan fingerprint density at radius 1 is 1.20 bits per heavy atom. The molecule has 0 aromatic heterocycles. The van der Waals surface area contributed by atoms with E-state index >= 15 is 0 Å². The summed E-state index contributed by atoms with van der Waals surface area (Å²) in [5.74, 6) is 0. The molecule has 0 amide bonds. The highest BCUT2D eigenvalue weighted by molar-refractivity contribution is 4.85. The number of nitrogens with zero attached hydrogens (tertiary/aromatic N) is 2. The van der Waals surface area contributed by atoms with Crippen LogP contribution in [0.25, 0.3) is 0 Å². The molecular formula is C12H25N3. The average Bonchev–Trinajstić information content (AvgIpc) is 2.74. The molecule has 2 aliphatic rings. The molecule has 0 spiro atoms. The molecule has 0 aromatic carbocycles. The molecule has 2 rings (SSSR count). The predicted octanol–water partition coefficient (Wildman–Crippen LogP) is 0.894. The van der Waals surface area contributed by atoms with Gasteiger partial charge in [-0.1, -0.05) is 12.8 Å². The second kappa shape index (κ2) is 5.28. The molecule has 1 unspecified atom stereocenters. The minimum Gasteiger partial charge on any atom is -0.329 e. The van der Waals surface area contributed by atoms with Gasteiger partial charge in [-0.25, -0.2) is 0 Å². The molecule has 3 heteroatoms. The molecule has 1 aliphatic heterocycles. The van der Waals surface area contributed by atoms with Gasteiger partial charge in [0, 0.05) is 44.8 Å². The fourth-order valence-electron chi connectivity index (χ4n) is 3.12. The third-order valence-electron chi connectivity index (χ3n) is 4.05. The van der Waals surface area contributed by atoms with Gasteiger partial charge in [-0.05, 0) is 19.8 Å². The Morgan fingerprint density at radius 3 is 2.53 bits per heavy atom. The van der Waals surface area contributed by atoms with E-state index in [4.69, 9.17) is 5.73 Å². The zero-order valence-corrected chi connectivity index (χ0v) is 9.99.